The van der Waals surface area contributed by atoms with Gasteiger partial charge in [-0.3, -0.25) is 4.99 Å². The van der Waals surface area contributed by atoms with Crippen molar-refractivity contribution in [3.05, 3.63) is 65.5 Å². The third-order valence-corrected chi connectivity index (χ3v) is 6.68. The molecular weight excluding hydrogens is 393 g/mol. The Hall–Kier alpha value is -2.45. The first-order chi connectivity index (χ1) is 13.9. The van der Waals surface area contributed by atoms with Crippen LogP contribution in [-0.4, -0.2) is 58.3 Å². The summed E-state index contributed by atoms with van der Waals surface area (Å²) in [6, 6.07) is 13.5. The van der Waals surface area contributed by atoms with Crippen molar-refractivity contribution in [3.63, 3.8) is 0 Å². The maximum absolute atomic E-state index is 13.8. The quantitative estimate of drug-likeness (QED) is 0.596. The van der Waals surface area contributed by atoms with E-state index in [0.717, 1.165) is 11.6 Å². The second kappa shape index (κ2) is 9.37. The Balaban J connectivity index is 1.62. The van der Waals surface area contributed by atoms with E-state index in [1.165, 1.54) is 23.8 Å². The van der Waals surface area contributed by atoms with Crippen molar-refractivity contribution in [1.29, 1.82) is 0 Å². The molecule has 1 aliphatic rings. The highest BCUT2D eigenvalue weighted by molar-refractivity contribution is 7.91. The fraction of sp³-hybridized carbons (Fsp3) is 0.381. The monoisotopic (exact) mass is 419 g/mol. The van der Waals surface area contributed by atoms with Crippen molar-refractivity contribution >= 4 is 15.8 Å². The number of benzene rings is 2. The van der Waals surface area contributed by atoms with Crippen LogP contribution in [0.15, 0.2) is 58.4 Å². The number of nitrogens with zero attached hydrogens (tertiary/aromatic N) is 2. The lowest BCUT2D eigenvalue weighted by Crippen LogP contribution is -2.49. The number of hydrogen-bond acceptors (Lipinski definition) is 4. The van der Waals surface area contributed by atoms with Crippen molar-refractivity contribution in [2.75, 3.05) is 39.0 Å². The van der Waals surface area contributed by atoms with Crippen LogP contribution >= 0.6 is 0 Å². The van der Waals surface area contributed by atoms with E-state index in [1.807, 2.05) is 12.1 Å². The van der Waals surface area contributed by atoms with Gasteiger partial charge in [0.1, 0.15) is 16.8 Å². The zero-order valence-corrected chi connectivity index (χ0v) is 17.5. The van der Waals surface area contributed by atoms with Crippen LogP contribution < -0.4 is 5.32 Å². The molecule has 0 radical (unpaired) electrons. The molecule has 1 atom stereocenters. The van der Waals surface area contributed by atoms with Gasteiger partial charge in [-0.05, 0) is 30.2 Å². The lowest BCUT2D eigenvalue weighted by molar-refractivity contribution is -0.00827. The number of nitrogens with one attached hydrogen (secondary N) is 1. The van der Waals surface area contributed by atoms with Crippen LogP contribution in [0.2, 0.25) is 0 Å². The van der Waals surface area contributed by atoms with Gasteiger partial charge in [-0.15, -0.1) is 0 Å². The summed E-state index contributed by atoms with van der Waals surface area (Å²) in [4.78, 5) is 6.06. The number of ether oxygens (including phenoxy) is 1. The average Bonchev–Trinajstić information content (AvgIpc) is 2.72. The van der Waals surface area contributed by atoms with Gasteiger partial charge in [0.25, 0.3) is 0 Å². The smallest absolute Gasteiger partial charge is 0.193 e. The minimum atomic E-state index is -3.72. The third kappa shape index (κ3) is 5.13. The maximum Gasteiger partial charge on any atom is 0.193 e. The highest BCUT2D eigenvalue weighted by Gasteiger charge is 2.25. The predicted molar refractivity (Wildman–Crippen MR) is 111 cm³/mol. The fourth-order valence-electron chi connectivity index (χ4n) is 3.41. The molecule has 1 aliphatic heterocycles. The average molecular weight is 420 g/mol. The summed E-state index contributed by atoms with van der Waals surface area (Å²) in [6.07, 6.45) is -0.0781. The maximum atomic E-state index is 13.8. The Labute approximate surface area is 171 Å². The minimum absolute atomic E-state index is 0.0781. The summed E-state index contributed by atoms with van der Waals surface area (Å²) in [5, 5.41) is 3.09. The van der Waals surface area contributed by atoms with Crippen LogP contribution in [0.4, 0.5) is 4.39 Å². The highest BCUT2D eigenvalue weighted by Crippen LogP contribution is 2.25. The fourth-order valence-corrected chi connectivity index (χ4v) is 4.66. The van der Waals surface area contributed by atoms with Crippen molar-refractivity contribution in [2.45, 2.75) is 17.9 Å². The number of halogens is 1. The molecule has 156 valence electrons. The molecule has 0 saturated carbocycles. The SMILES string of the molecule is CN=C(NCCS(=O)(=O)c1ccccc1F)N1CCOC(c2ccccc2C)C1. The molecule has 6 nitrogen and oxygen atoms in total. The number of morpholine rings is 1. The summed E-state index contributed by atoms with van der Waals surface area (Å²) in [7, 11) is -2.06. The molecule has 3 rings (SSSR count). The summed E-state index contributed by atoms with van der Waals surface area (Å²) in [5.74, 6) is -0.347. The zero-order valence-electron chi connectivity index (χ0n) is 16.6. The molecule has 0 spiro atoms. The van der Waals surface area contributed by atoms with Crippen LogP contribution in [-0.2, 0) is 14.6 Å². The third-order valence-electron chi connectivity index (χ3n) is 4.94. The van der Waals surface area contributed by atoms with E-state index in [9.17, 15) is 12.8 Å². The molecule has 1 heterocycles. The van der Waals surface area contributed by atoms with Gasteiger partial charge in [0, 0.05) is 20.1 Å². The van der Waals surface area contributed by atoms with Gasteiger partial charge in [-0.25, -0.2) is 12.8 Å². The molecule has 0 amide bonds. The van der Waals surface area contributed by atoms with Crippen LogP contribution in [0.1, 0.15) is 17.2 Å². The standard InChI is InChI=1S/C21H26FN3O3S/c1-16-7-3-4-8-17(16)19-15-25(12-13-28-19)21(23-2)24-11-14-29(26,27)20-10-6-5-9-18(20)22/h3-10,19H,11-15H2,1-2H3,(H,23,24). The van der Waals surface area contributed by atoms with Crippen molar-refractivity contribution in [3.8, 4) is 0 Å². The first-order valence-corrected chi connectivity index (χ1v) is 11.2. The van der Waals surface area contributed by atoms with E-state index in [1.54, 1.807) is 7.05 Å². The van der Waals surface area contributed by atoms with Gasteiger partial charge in [0.05, 0.1) is 18.9 Å². The molecule has 29 heavy (non-hydrogen) atoms. The van der Waals surface area contributed by atoms with E-state index in [-0.39, 0.29) is 23.3 Å². The number of aryl methyl sites for hydroxylation is 1. The number of rotatable bonds is 5. The summed E-state index contributed by atoms with van der Waals surface area (Å²) >= 11 is 0. The molecule has 1 fully saturated rings. The van der Waals surface area contributed by atoms with Crippen LogP contribution in [0.5, 0.6) is 0 Å². The molecular formula is C21H26FN3O3S. The largest absolute Gasteiger partial charge is 0.370 e. The van der Waals surface area contributed by atoms with E-state index >= 15 is 0 Å². The topological polar surface area (TPSA) is 71.0 Å². The summed E-state index contributed by atoms with van der Waals surface area (Å²) < 4.78 is 44.6. The molecule has 1 N–H and O–H groups in total. The van der Waals surface area contributed by atoms with Crippen molar-refractivity contribution < 1.29 is 17.5 Å². The Morgan fingerprint density at radius 1 is 1.24 bits per heavy atom. The van der Waals surface area contributed by atoms with E-state index < -0.39 is 15.7 Å². The Bertz CT molecular complexity index is 979. The van der Waals surface area contributed by atoms with Gasteiger partial charge in [-0.2, -0.15) is 0 Å². The van der Waals surface area contributed by atoms with E-state index in [4.69, 9.17) is 4.74 Å². The lowest BCUT2D eigenvalue weighted by Gasteiger charge is -2.35. The molecule has 0 aliphatic carbocycles. The normalized spacial score (nSPS) is 18.0. The Kier molecular flexibility index (Phi) is 6.87. The lowest BCUT2D eigenvalue weighted by atomic mass is 10.0. The second-order valence-electron chi connectivity index (χ2n) is 6.89. The van der Waals surface area contributed by atoms with Gasteiger partial charge in [0.2, 0.25) is 0 Å². The molecule has 2 aromatic carbocycles. The number of hydrogen-bond donors (Lipinski definition) is 1. The number of guanidine groups is 1. The minimum Gasteiger partial charge on any atom is -0.370 e. The van der Waals surface area contributed by atoms with Crippen LogP contribution in [0.3, 0.4) is 0 Å². The Morgan fingerprint density at radius 3 is 2.69 bits per heavy atom. The summed E-state index contributed by atoms with van der Waals surface area (Å²) in [6.45, 7) is 4.01. The first-order valence-electron chi connectivity index (χ1n) is 9.52. The number of aliphatic imine (C=N–C) groups is 1. The molecule has 1 unspecified atom stereocenters. The van der Waals surface area contributed by atoms with Gasteiger partial charge in [-0.1, -0.05) is 36.4 Å². The molecule has 0 bridgehead atoms. The predicted octanol–water partition coefficient (Wildman–Crippen LogP) is 2.56. The van der Waals surface area contributed by atoms with Crippen LogP contribution in [0, 0.1) is 12.7 Å². The second-order valence-corrected chi connectivity index (χ2v) is 8.96. The van der Waals surface area contributed by atoms with E-state index in [2.05, 4.69) is 34.3 Å². The molecule has 0 aromatic heterocycles. The van der Waals surface area contributed by atoms with E-state index in [0.29, 0.717) is 25.7 Å². The van der Waals surface area contributed by atoms with Crippen molar-refractivity contribution in [2.24, 2.45) is 4.99 Å². The van der Waals surface area contributed by atoms with Crippen LogP contribution in [0.25, 0.3) is 0 Å². The first kappa shape index (κ1) is 21.3. The van der Waals surface area contributed by atoms with Gasteiger partial charge in [0.15, 0.2) is 15.8 Å². The summed E-state index contributed by atoms with van der Waals surface area (Å²) in [5.41, 5.74) is 2.30. The zero-order chi connectivity index (χ0) is 20.9. The molecule has 1 saturated heterocycles. The van der Waals surface area contributed by atoms with Gasteiger partial charge < -0.3 is 15.0 Å². The van der Waals surface area contributed by atoms with Gasteiger partial charge >= 0.3 is 0 Å². The van der Waals surface area contributed by atoms with Crippen molar-refractivity contribution in [1.82, 2.24) is 10.2 Å². The highest BCUT2D eigenvalue weighted by atomic mass is 32.2. The number of sulfone groups is 1. The molecule has 8 heteroatoms. The molecule has 2 aromatic rings. The Morgan fingerprint density at radius 2 is 1.97 bits per heavy atom.